The summed E-state index contributed by atoms with van der Waals surface area (Å²) >= 11 is 0. The summed E-state index contributed by atoms with van der Waals surface area (Å²) in [4.78, 5) is 20.4. The van der Waals surface area contributed by atoms with Crippen LogP contribution in [0.4, 0.5) is 5.69 Å². The molecule has 0 unspecified atom stereocenters. The molecule has 1 N–H and O–H groups in total. The number of hydrogen-bond donors (Lipinski definition) is 1. The lowest BCUT2D eigenvalue weighted by Crippen LogP contribution is -1.99. The number of carboxylic acids is 1. The SMILES string of the molecule is COc1cc(CCC(=O)O)ccc1[N+](=O)[O-]. The average Bonchev–Trinajstić information content (AvgIpc) is 2.25. The summed E-state index contributed by atoms with van der Waals surface area (Å²) in [6.07, 6.45) is 0.310. The molecule has 0 saturated carbocycles. The van der Waals surface area contributed by atoms with Gasteiger partial charge in [0.15, 0.2) is 5.75 Å². The van der Waals surface area contributed by atoms with Gasteiger partial charge in [0.1, 0.15) is 0 Å². The lowest BCUT2D eigenvalue weighted by molar-refractivity contribution is -0.385. The van der Waals surface area contributed by atoms with Gasteiger partial charge >= 0.3 is 11.7 Å². The molecular weight excluding hydrogens is 214 g/mol. The summed E-state index contributed by atoms with van der Waals surface area (Å²) in [5.74, 6) is -0.759. The minimum Gasteiger partial charge on any atom is -0.490 e. The van der Waals surface area contributed by atoms with Crippen LogP contribution in [-0.4, -0.2) is 23.1 Å². The maximum Gasteiger partial charge on any atom is 0.310 e. The first-order valence-corrected chi connectivity index (χ1v) is 4.57. The highest BCUT2D eigenvalue weighted by molar-refractivity contribution is 5.67. The molecule has 1 aromatic rings. The minimum atomic E-state index is -0.905. The number of rotatable bonds is 5. The molecule has 0 amide bonds. The lowest BCUT2D eigenvalue weighted by Gasteiger charge is -2.04. The third-order valence-corrected chi connectivity index (χ3v) is 2.07. The molecule has 0 heterocycles. The molecule has 0 fully saturated rings. The summed E-state index contributed by atoms with van der Waals surface area (Å²) in [6, 6.07) is 4.33. The third-order valence-electron chi connectivity index (χ3n) is 2.07. The fraction of sp³-hybridized carbons (Fsp3) is 0.300. The first kappa shape index (κ1) is 12.0. The van der Waals surface area contributed by atoms with Gasteiger partial charge in [0, 0.05) is 12.5 Å². The molecule has 0 aliphatic rings. The number of carboxylic acid groups (broad SMARTS) is 1. The Morgan fingerprint density at radius 1 is 1.56 bits per heavy atom. The quantitative estimate of drug-likeness (QED) is 0.607. The smallest absolute Gasteiger partial charge is 0.310 e. The number of nitrogens with zero attached hydrogens (tertiary/aromatic N) is 1. The topological polar surface area (TPSA) is 89.7 Å². The van der Waals surface area contributed by atoms with E-state index in [9.17, 15) is 14.9 Å². The van der Waals surface area contributed by atoms with Gasteiger partial charge < -0.3 is 9.84 Å². The van der Waals surface area contributed by atoms with Gasteiger partial charge in [0.05, 0.1) is 12.0 Å². The molecular formula is C10H11NO5. The summed E-state index contributed by atoms with van der Waals surface area (Å²) in [7, 11) is 1.34. The van der Waals surface area contributed by atoms with Crippen molar-refractivity contribution >= 4 is 11.7 Å². The van der Waals surface area contributed by atoms with Crippen LogP contribution in [0.1, 0.15) is 12.0 Å². The van der Waals surface area contributed by atoms with Crippen LogP contribution in [0.5, 0.6) is 5.75 Å². The van der Waals surface area contributed by atoms with Crippen LogP contribution in [-0.2, 0) is 11.2 Å². The Morgan fingerprint density at radius 2 is 2.25 bits per heavy atom. The van der Waals surface area contributed by atoms with Gasteiger partial charge in [-0.2, -0.15) is 0 Å². The van der Waals surface area contributed by atoms with Crippen LogP contribution in [0.25, 0.3) is 0 Å². The number of hydrogen-bond acceptors (Lipinski definition) is 4. The van der Waals surface area contributed by atoms with Crippen LogP contribution in [0.2, 0.25) is 0 Å². The second-order valence-corrected chi connectivity index (χ2v) is 3.16. The van der Waals surface area contributed by atoms with Gasteiger partial charge in [-0.3, -0.25) is 14.9 Å². The minimum absolute atomic E-state index is 0.0129. The number of aliphatic carboxylic acids is 1. The zero-order chi connectivity index (χ0) is 12.1. The van der Waals surface area contributed by atoms with Gasteiger partial charge in [-0.05, 0) is 18.1 Å². The number of methoxy groups -OCH3 is 1. The molecule has 6 nitrogen and oxygen atoms in total. The second-order valence-electron chi connectivity index (χ2n) is 3.16. The van der Waals surface area contributed by atoms with Crippen molar-refractivity contribution in [2.45, 2.75) is 12.8 Å². The van der Waals surface area contributed by atoms with E-state index in [4.69, 9.17) is 9.84 Å². The number of benzene rings is 1. The number of aryl methyl sites for hydroxylation is 1. The fourth-order valence-corrected chi connectivity index (χ4v) is 1.28. The molecule has 0 aliphatic carbocycles. The molecule has 0 spiro atoms. The van der Waals surface area contributed by atoms with E-state index in [0.29, 0.717) is 12.0 Å². The molecule has 0 atom stereocenters. The molecule has 0 saturated heterocycles. The van der Waals surface area contributed by atoms with Crippen molar-refractivity contribution in [1.82, 2.24) is 0 Å². The molecule has 86 valence electrons. The van der Waals surface area contributed by atoms with E-state index < -0.39 is 10.9 Å². The monoisotopic (exact) mass is 225 g/mol. The summed E-state index contributed by atoms with van der Waals surface area (Å²) in [5.41, 5.74) is 0.575. The molecule has 6 heteroatoms. The molecule has 16 heavy (non-hydrogen) atoms. The first-order chi connectivity index (χ1) is 7.54. The summed E-state index contributed by atoms with van der Waals surface area (Å²) in [6.45, 7) is 0. The van der Waals surface area contributed by atoms with E-state index in [1.807, 2.05) is 0 Å². The zero-order valence-electron chi connectivity index (χ0n) is 8.67. The number of carbonyl (C=O) groups is 1. The predicted molar refractivity (Wildman–Crippen MR) is 55.6 cm³/mol. The fourth-order valence-electron chi connectivity index (χ4n) is 1.28. The Balaban J connectivity index is 2.90. The van der Waals surface area contributed by atoms with Crippen molar-refractivity contribution in [2.24, 2.45) is 0 Å². The Labute approximate surface area is 91.6 Å². The average molecular weight is 225 g/mol. The van der Waals surface area contributed by atoms with Crippen molar-refractivity contribution in [3.63, 3.8) is 0 Å². The molecule has 1 aromatic carbocycles. The van der Waals surface area contributed by atoms with Crippen LogP contribution in [0.3, 0.4) is 0 Å². The summed E-state index contributed by atoms with van der Waals surface area (Å²) < 4.78 is 4.87. The highest BCUT2D eigenvalue weighted by atomic mass is 16.6. The summed E-state index contributed by atoms with van der Waals surface area (Å²) in [5, 5.41) is 19.1. The van der Waals surface area contributed by atoms with Gasteiger partial charge in [0.25, 0.3) is 0 Å². The normalized spacial score (nSPS) is 9.81. The van der Waals surface area contributed by atoms with Crippen molar-refractivity contribution in [1.29, 1.82) is 0 Å². The maximum absolute atomic E-state index is 10.6. The second kappa shape index (κ2) is 5.11. The van der Waals surface area contributed by atoms with Gasteiger partial charge in [0.2, 0.25) is 0 Å². The molecule has 0 aliphatic heterocycles. The molecule has 0 radical (unpaired) electrons. The number of nitro benzene ring substituents is 1. The highest BCUT2D eigenvalue weighted by Crippen LogP contribution is 2.27. The predicted octanol–water partition coefficient (Wildman–Crippen LogP) is 1.62. The zero-order valence-corrected chi connectivity index (χ0v) is 8.67. The standard InChI is InChI=1S/C10H11NO5/c1-16-9-6-7(3-5-10(12)13)2-4-8(9)11(14)15/h2,4,6H,3,5H2,1H3,(H,12,13). The third kappa shape index (κ3) is 2.94. The number of ether oxygens (including phenoxy) is 1. The van der Waals surface area contributed by atoms with E-state index in [0.717, 1.165) is 0 Å². The van der Waals surface area contributed by atoms with E-state index in [-0.39, 0.29) is 17.9 Å². The van der Waals surface area contributed by atoms with Crippen LogP contribution >= 0.6 is 0 Å². The van der Waals surface area contributed by atoms with E-state index in [1.165, 1.54) is 25.3 Å². The van der Waals surface area contributed by atoms with Crippen molar-refractivity contribution < 1.29 is 19.6 Å². The Kier molecular flexibility index (Phi) is 3.82. The number of nitro groups is 1. The van der Waals surface area contributed by atoms with E-state index in [1.54, 1.807) is 0 Å². The van der Waals surface area contributed by atoms with E-state index >= 15 is 0 Å². The Hall–Kier alpha value is -2.11. The largest absolute Gasteiger partial charge is 0.490 e. The van der Waals surface area contributed by atoms with Gasteiger partial charge in [-0.1, -0.05) is 6.07 Å². The molecule has 0 bridgehead atoms. The Bertz CT molecular complexity index is 416. The van der Waals surface area contributed by atoms with Crippen molar-refractivity contribution in [2.75, 3.05) is 7.11 Å². The first-order valence-electron chi connectivity index (χ1n) is 4.57. The Morgan fingerprint density at radius 3 is 2.75 bits per heavy atom. The van der Waals surface area contributed by atoms with Crippen LogP contribution in [0.15, 0.2) is 18.2 Å². The molecule has 0 aromatic heterocycles. The van der Waals surface area contributed by atoms with Crippen LogP contribution < -0.4 is 4.74 Å². The highest BCUT2D eigenvalue weighted by Gasteiger charge is 2.14. The van der Waals surface area contributed by atoms with E-state index in [2.05, 4.69) is 0 Å². The lowest BCUT2D eigenvalue weighted by atomic mass is 10.1. The van der Waals surface area contributed by atoms with Crippen molar-refractivity contribution in [3.05, 3.63) is 33.9 Å². The van der Waals surface area contributed by atoms with Gasteiger partial charge in [-0.25, -0.2) is 0 Å². The molecule has 1 rings (SSSR count). The van der Waals surface area contributed by atoms with Gasteiger partial charge in [-0.15, -0.1) is 0 Å². The maximum atomic E-state index is 10.6. The van der Waals surface area contributed by atoms with Crippen LogP contribution in [0, 0.1) is 10.1 Å². The van der Waals surface area contributed by atoms with Crippen molar-refractivity contribution in [3.8, 4) is 5.75 Å².